The van der Waals surface area contributed by atoms with Crippen LogP contribution in [0.15, 0.2) is 72.9 Å². The summed E-state index contributed by atoms with van der Waals surface area (Å²) in [4.78, 5) is 37.0. The van der Waals surface area contributed by atoms with Gasteiger partial charge in [-0.2, -0.15) is 0 Å². The number of unbranched alkanes of at least 4 members (excludes halogenated alkanes) is 19. The van der Waals surface area contributed by atoms with Crippen LogP contribution < -0.4 is 5.11 Å². The van der Waals surface area contributed by atoms with Crippen LogP contribution in [-0.4, -0.2) is 75.5 Å². The fourth-order valence-corrected chi connectivity index (χ4v) is 7.15. The van der Waals surface area contributed by atoms with Crippen LogP contribution in [0.1, 0.15) is 206 Å². The Balaban J connectivity index is 4.30. The molecule has 8 nitrogen and oxygen atoms in total. The van der Waals surface area contributed by atoms with Crippen molar-refractivity contribution < 1.29 is 38.2 Å². The topological polar surface area (TPSA) is 102 Å². The summed E-state index contributed by atoms with van der Waals surface area (Å²) >= 11 is 0. The normalized spacial score (nSPS) is 13.5. The van der Waals surface area contributed by atoms with E-state index in [1.54, 1.807) is 21.1 Å². The second kappa shape index (κ2) is 45.3. The van der Waals surface area contributed by atoms with E-state index in [9.17, 15) is 19.5 Å². The first-order chi connectivity index (χ1) is 30.6. The molecular weight excluding hydrogens is 787 g/mol. The third kappa shape index (κ3) is 43.8. The molecule has 362 valence electrons. The van der Waals surface area contributed by atoms with Crippen molar-refractivity contribution >= 4 is 17.9 Å². The average molecular weight is 882 g/mol. The Morgan fingerprint density at radius 2 is 0.889 bits per heavy atom. The number of esters is 2. The summed E-state index contributed by atoms with van der Waals surface area (Å²) in [5.74, 6) is -1.76. The van der Waals surface area contributed by atoms with Crippen molar-refractivity contribution in [1.29, 1.82) is 0 Å². The quantitative estimate of drug-likeness (QED) is 0.0260. The summed E-state index contributed by atoms with van der Waals surface area (Å²) in [7, 11) is 5.40. The summed E-state index contributed by atoms with van der Waals surface area (Å²) in [6.45, 7) is 4.53. The van der Waals surface area contributed by atoms with Crippen molar-refractivity contribution in [2.45, 2.75) is 219 Å². The second-order valence-corrected chi connectivity index (χ2v) is 18.0. The predicted octanol–water partition coefficient (Wildman–Crippen LogP) is 13.4. The van der Waals surface area contributed by atoms with Gasteiger partial charge in [-0.25, -0.2) is 0 Å². The number of carbonyl (C=O) groups is 3. The molecule has 0 saturated heterocycles. The maximum atomic E-state index is 12.8. The summed E-state index contributed by atoms with van der Waals surface area (Å²) in [6, 6.07) is -0.732. The second-order valence-electron chi connectivity index (χ2n) is 18.0. The molecule has 0 aromatic heterocycles. The van der Waals surface area contributed by atoms with Gasteiger partial charge < -0.3 is 28.6 Å². The zero-order valence-corrected chi connectivity index (χ0v) is 41.2. The highest BCUT2D eigenvalue weighted by Gasteiger charge is 2.25. The van der Waals surface area contributed by atoms with E-state index in [0.717, 1.165) is 96.3 Å². The molecular formula is C55H95NO7. The number of hydrogen-bond acceptors (Lipinski definition) is 7. The van der Waals surface area contributed by atoms with Gasteiger partial charge in [-0.3, -0.25) is 9.59 Å². The number of hydrogen-bond donors (Lipinski definition) is 0. The smallest absolute Gasteiger partial charge is 0.306 e. The lowest BCUT2D eigenvalue weighted by molar-refractivity contribution is -0.889. The first-order valence-electron chi connectivity index (χ1n) is 25.5. The van der Waals surface area contributed by atoms with Crippen LogP contribution in [0, 0.1) is 0 Å². The molecule has 0 spiro atoms. The van der Waals surface area contributed by atoms with Gasteiger partial charge in [0.15, 0.2) is 6.10 Å². The SMILES string of the molecule is CC/C=C/C/C=C/C/C=C/C/C=C/C/C=C/CCCCCCCCCC(=O)OC(COCCC(C(=O)[O-])[N+](C)(C)C)COC(=O)CCCCCCC/C=C/CCCCCCCCC. The Hall–Kier alpha value is -3.23. The molecule has 63 heavy (non-hydrogen) atoms. The van der Waals surface area contributed by atoms with E-state index in [0.29, 0.717) is 12.8 Å². The van der Waals surface area contributed by atoms with Crippen molar-refractivity contribution in [3.05, 3.63) is 72.9 Å². The minimum atomic E-state index is -1.13. The van der Waals surface area contributed by atoms with Crippen LogP contribution in [-0.2, 0) is 28.6 Å². The number of allylic oxidation sites excluding steroid dienone is 12. The fourth-order valence-electron chi connectivity index (χ4n) is 7.15. The molecule has 0 aromatic carbocycles. The zero-order chi connectivity index (χ0) is 46.3. The molecule has 0 heterocycles. The number of likely N-dealkylation sites (N-methyl/N-ethyl adjacent to an activating group) is 1. The average Bonchev–Trinajstić information content (AvgIpc) is 3.24. The van der Waals surface area contributed by atoms with Gasteiger partial charge in [-0.1, -0.05) is 177 Å². The molecule has 2 atom stereocenters. The van der Waals surface area contributed by atoms with Crippen molar-refractivity contribution in [1.82, 2.24) is 0 Å². The lowest BCUT2D eigenvalue weighted by atomic mass is 10.1. The van der Waals surface area contributed by atoms with Gasteiger partial charge in [-0.05, 0) is 83.5 Å². The van der Waals surface area contributed by atoms with Gasteiger partial charge in [0, 0.05) is 19.3 Å². The molecule has 0 amide bonds. The predicted molar refractivity (Wildman–Crippen MR) is 263 cm³/mol. The Bertz CT molecular complexity index is 1260. The number of carboxylic acid groups (broad SMARTS) is 1. The van der Waals surface area contributed by atoms with Crippen LogP contribution in [0.3, 0.4) is 0 Å². The molecule has 0 aliphatic rings. The number of rotatable bonds is 45. The largest absolute Gasteiger partial charge is 0.544 e. The molecule has 0 aliphatic heterocycles. The van der Waals surface area contributed by atoms with Gasteiger partial charge in [0.25, 0.3) is 0 Å². The first-order valence-corrected chi connectivity index (χ1v) is 25.5. The van der Waals surface area contributed by atoms with Crippen molar-refractivity contribution in [2.75, 3.05) is 41.0 Å². The summed E-state index contributed by atoms with van der Waals surface area (Å²) in [5.41, 5.74) is 0. The zero-order valence-electron chi connectivity index (χ0n) is 41.2. The van der Waals surface area contributed by atoms with E-state index >= 15 is 0 Å². The van der Waals surface area contributed by atoms with Gasteiger partial charge in [0.2, 0.25) is 0 Å². The summed E-state index contributed by atoms with van der Waals surface area (Å²) < 4.78 is 17.2. The van der Waals surface area contributed by atoms with E-state index < -0.39 is 18.1 Å². The highest BCUT2D eigenvalue weighted by molar-refractivity contribution is 5.70. The van der Waals surface area contributed by atoms with E-state index in [4.69, 9.17) is 14.2 Å². The monoisotopic (exact) mass is 882 g/mol. The number of quaternary nitrogens is 1. The number of ether oxygens (including phenoxy) is 3. The standard InChI is InChI=1S/C55H95NO7/c1-6-8-10-12-14-16-18-20-22-24-25-26-27-28-29-30-32-34-36-38-40-42-44-46-54(58)63-51(49-61-48-47-52(55(59)60)56(3,4)5)50-62-53(57)45-43-41-39-37-35-33-31-23-21-19-17-15-13-11-9-7-2/h8,10,14,16,20,22-23,25-26,28-29,31,51-52H,6-7,9,11-13,15,17-19,21,24,27,30,32-50H2,1-5H3/b10-8+,16-14+,22-20+,26-25+,29-28+,31-23+. The van der Waals surface area contributed by atoms with Crippen LogP contribution in [0.5, 0.6) is 0 Å². The van der Waals surface area contributed by atoms with Gasteiger partial charge in [0.05, 0.1) is 40.3 Å². The third-order valence-electron chi connectivity index (χ3n) is 11.1. The Morgan fingerprint density at radius 1 is 0.492 bits per heavy atom. The number of nitrogens with zero attached hydrogens (tertiary/aromatic N) is 1. The highest BCUT2D eigenvalue weighted by atomic mass is 16.6. The van der Waals surface area contributed by atoms with Crippen molar-refractivity contribution in [3.63, 3.8) is 0 Å². The molecule has 0 rings (SSSR count). The lowest BCUT2D eigenvalue weighted by Gasteiger charge is -2.34. The number of aliphatic carboxylic acids is 1. The minimum absolute atomic E-state index is 0.0308. The molecule has 2 unspecified atom stereocenters. The first kappa shape index (κ1) is 59.8. The lowest BCUT2D eigenvalue weighted by Crippen LogP contribution is -2.55. The van der Waals surface area contributed by atoms with E-state index in [1.165, 1.54) is 77.0 Å². The minimum Gasteiger partial charge on any atom is -0.544 e. The molecule has 0 bridgehead atoms. The van der Waals surface area contributed by atoms with E-state index in [-0.39, 0.29) is 42.7 Å². The van der Waals surface area contributed by atoms with Crippen molar-refractivity contribution in [2.24, 2.45) is 0 Å². The van der Waals surface area contributed by atoms with E-state index in [1.807, 2.05) is 0 Å². The van der Waals surface area contributed by atoms with Gasteiger partial charge in [0.1, 0.15) is 12.6 Å². The van der Waals surface area contributed by atoms with Crippen LogP contribution >= 0.6 is 0 Å². The molecule has 0 aliphatic carbocycles. The Labute approximate surface area is 387 Å². The van der Waals surface area contributed by atoms with Crippen molar-refractivity contribution in [3.8, 4) is 0 Å². The highest BCUT2D eigenvalue weighted by Crippen LogP contribution is 2.14. The number of carbonyl (C=O) groups excluding carboxylic acids is 3. The van der Waals surface area contributed by atoms with Gasteiger partial charge >= 0.3 is 11.9 Å². The molecule has 0 N–H and O–H groups in total. The molecule has 0 radical (unpaired) electrons. The Morgan fingerprint density at radius 3 is 1.33 bits per heavy atom. The molecule has 8 heteroatoms. The third-order valence-corrected chi connectivity index (χ3v) is 11.1. The fraction of sp³-hybridized carbons (Fsp3) is 0.727. The molecule has 0 aromatic rings. The maximum Gasteiger partial charge on any atom is 0.306 e. The molecule has 0 fully saturated rings. The number of carboxylic acids is 1. The summed E-state index contributed by atoms with van der Waals surface area (Å²) in [5, 5.41) is 11.7. The Kier molecular flexibility index (Phi) is 43.0. The van der Waals surface area contributed by atoms with E-state index in [2.05, 4.69) is 86.8 Å². The van der Waals surface area contributed by atoms with Crippen LogP contribution in [0.25, 0.3) is 0 Å². The van der Waals surface area contributed by atoms with Gasteiger partial charge in [-0.15, -0.1) is 0 Å². The maximum absolute atomic E-state index is 12.8. The van der Waals surface area contributed by atoms with Crippen LogP contribution in [0.4, 0.5) is 0 Å². The molecule has 0 saturated carbocycles. The van der Waals surface area contributed by atoms with Crippen LogP contribution in [0.2, 0.25) is 0 Å². The summed E-state index contributed by atoms with van der Waals surface area (Å²) in [6.07, 6.45) is 57.8.